The molecule has 0 aliphatic carbocycles. The zero-order valence-electron chi connectivity index (χ0n) is 28.2. The Morgan fingerprint density at radius 2 is 1.49 bits per heavy atom. The van der Waals surface area contributed by atoms with Crippen LogP contribution in [0.3, 0.4) is 0 Å². The van der Waals surface area contributed by atoms with Crippen LogP contribution in [0.15, 0.2) is 97.1 Å². The molecule has 3 atom stereocenters. The third-order valence-electron chi connectivity index (χ3n) is 7.89. The standard InChI is InChI=1S/C39H47N3O5/c1-26(2)19-20-27(3)42(37(45)34(23-28-13-8-7-9-14-28)41-38(46)47-39(4,5)6)35(31-17-12-18-33(43)25-31)36(44)40-32-22-21-29-15-10-11-16-30(29)24-32/h7-18,21-22,24-27,34-35,43H,19-20,23H2,1-6H3,(H,40,44)(H,41,46). The van der Waals surface area contributed by atoms with Crippen molar-refractivity contribution in [2.45, 2.75) is 84.5 Å². The third kappa shape index (κ3) is 10.1. The van der Waals surface area contributed by atoms with E-state index in [0.29, 0.717) is 23.6 Å². The summed E-state index contributed by atoms with van der Waals surface area (Å²) in [5.74, 6) is -0.537. The van der Waals surface area contributed by atoms with Gasteiger partial charge in [-0.3, -0.25) is 9.59 Å². The molecule has 3 amide bonds. The number of nitrogens with one attached hydrogen (secondary N) is 2. The number of amides is 3. The molecule has 0 fully saturated rings. The summed E-state index contributed by atoms with van der Waals surface area (Å²) in [5.41, 5.74) is 1.09. The van der Waals surface area contributed by atoms with Gasteiger partial charge in [0.15, 0.2) is 0 Å². The fourth-order valence-corrected chi connectivity index (χ4v) is 5.60. The van der Waals surface area contributed by atoms with E-state index >= 15 is 0 Å². The maximum atomic E-state index is 14.9. The van der Waals surface area contributed by atoms with E-state index in [-0.39, 0.29) is 12.2 Å². The van der Waals surface area contributed by atoms with E-state index in [2.05, 4.69) is 24.5 Å². The van der Waals surface area contributed by atoms with Crippen LogP contribution >= 0.6 is 0 Å². The average Bonchev–Trinajstić information content (AvgIpc) is 3.01. The topological polar surface area (TPSA) is 108 Å². The van der Waals surface area contributed by atoms with Crippen LogP contribution in [0.1, 0.15) is 71.6 Å². The number of rotatable bonds is 12. The summed E-state index contributed by atoms with van der Waals surface area (Å²) in [6.07, 6.45) is 0.890. The molecule has 0 aliphatic heterocycles. The van der Waals surface area contributed by atoms with Gasteiger partial charge < -0.3 is 25.4 Å². The van der Waals surface area contributed by atoms with E-state index in [0.717, 1.165) is 22.8 Å². The SMILES string of the molecule is CC(C)CCC(C)N(C(=O)C(Cc1ccccc1)NC(=O)OC(C)(C)C)C(C(=O)Nc1ccc2ccccc2c1)c1cccc(O)c1. The van der Waals surface area contributed by atoms with Crippen molar-refractivity contribution in [1.82, 2.24) is 10.2 Å². The number of hydrogen-bond acceptors (Lipinski definition) is 5. The maximum Gasteiger partial charge on any atom is 0.408 e. The Hall–Kier alpha value is -4.85. The smallest absolute Gasteiger partial charge is 0.408 e. The zero-order chi connectivity index (χ0) is 34.1. The molecule has 4 rings (SSSR count). The number of anilines is 1. The van der Waals surface area contributed by atoms with Crippen molar-refractivity contribution in [3.8, 4) is 5.75 Å². The number of ether oxygens (including phenoxy) is 1. The molecule has 0 spiro atoms. The van der Waals surface area contributed by atoms with Crippen LogP contribution in [0.5, 0.6) is 5.75 Å². The molecular weight excluding hydrogens is 590 g/mol. The van der Waals surface area contributed by atoms with Crippen LogP contribution < -0.4 is 10.6 Å². The number of aromatic hydroxyl groups is 1. The van der Waals surface area contributed by atoms with Crippen molar-refractivity contribution in [3.63, 3.8) is 0 Å². The van der Waals surface area contributed by atoms with Crippen molar-refractivity contribution < 1.29 is 24.2 Å². The van der Waals surface area contributed by atoms with Crippen LogP contribution in [-0.4, -0.2) is 45.6 Å². The molecule has 4 aromatic carbocycles. The Labute approximate surface area is 278 Å². The monoisotopic (exact) mass is 637 g/mol. The van der Waals surface area contributed by atoms with Gasteiger partial charge in [0.05, 0.1) is 0 Å². The minimum absolute atomic E-state index is 0.0269. The molecule has 3 N–H and O–H groups in total. The number of alkyl carbamates (subject to hydrolysis) is 1. The zero-order valence-corrected chi connectivity index (χ0v) is 28.2. The predicted octanol–water partition coefficient (Wildman–Crippen LogP) is 8.01. The molecule has 0 saturated carbocycles. The van der Waals surface area contributed by atoms with Crippen LogP contribution in [-0.2, 0) is 20.7 Å². The lowest BCUT2D eigenvalue weighted by atomic mass is 9.95. The minimum atomic E-state index is -1.12. The van der Waals surface area contributed by atoms with Gasteiger partial charge in [-0.2, -0.15) is 0 Å². The number of carbonyl (C=O) groups excluding carboxylic acids is 3. The van der Waals surface area contributed by atoms with Crippen LogP contribution in [0.4, 0.5) is 10.5 Å². The molecule has 8 nitrogen and oxygen atoms in total. The van der Waals surface area contributed by atoms with Crippen LogP contribution in [0, 0.1) is 5.92 Å². The molecule has 0 heterocycles. The third-order valence-corrected chi connectivity index (χ3v) is 7.89. The van der Waals surface area contributed by atoms with Gasteiger partial charge in [-0.25, -0.2) is 4.79 Å². The molecule has 248 valence electrons. The van der Waals surface area contributed by atoms with Crippen LogP contribution in [0.25, 0.3) is 10.8 Å². The van der Waals surface area contributed by atoms with E-state index < -0.39 is 41.6 Å². The van der Waals surface area contributed by atoms with Gasteiger partial charge in [0.1, 0.15) is 23.4 Å². The van der Waals surface area contributed by atoms with E-state index in [1.54, 1.807) is 37.8 Å². The largest absolute Gasteiger partial charge is 0.508 e. The molecule has 8 heteroatoms. The average molecular weight is 638 g/mol. The first kappa shape index (κ1) is 35.0. The summed E-state index contributed by atoms with van der Waals surface area (Å²) in [6.45, 7) is 11.4. The predicted molar refractivity (Wildman–Crippen MR) is 187 cm³/mol. The van der Waals surface area contributed by atoms with Gasteiger partial charge >= 0.3 is 6.09 Å². The summed E-state index contributed by atoms with van der Waals surface area (Å²) < 4.78 is 5.56. The Balaban J connectivity index is 1.80. The van der Waals surface area contributed by atoms with E-state index in [1.807, 2.05) is 79.7 Å². The van der Waals surface area contributed by atoms with Gasteiger partial charge in [0.25, 0.3) is 5.91 Å². The van der Waals surface area contributed by atoms with Crippen molar-refractivity contribution in [2.24, 2.45) is 5.92 Å². The number of carbonyl (C=O) groups is 3. The van der Waals surface area contributed by atoms with Crippen molar-refractivity contribution >= 4 is 34.4 Å². The second-order valence-corrected chi connectivity index (χ2v) is 13.5. The summed E-state index contributed by atoms with van der Waals surface area (Å²) in [7, 11) is 0. The number of phenols is 1. The second kappa shape index (κ2) is 15.6. The Morgan fingerprint density at radius 1 is 0.809 bits per heavy atom. The first-order valence-corrected chi connectivity index (χ1v) is 16.2. The normalized spacial score (nSPS) is 13.4. The molecule has 0 aromatic heterocycles. The summed E-state index contributed by atoms with van der Waals surface area (Å²) >= 11 is 0. The molecule has 0 bridgehead atoms. The molecule has 0 radical (unpaired) electrons. The molecule has 47 heavy (non-hydrogen) atoms. The Morgan fingerprint density at radius 3 is 2.15 bits per heavy atom. The van der Waals surface area contributed by atoms with Gasteiger partial charge in [0, 0.05) is 18.2 Å². The fraction of sp³-hybridized carbons (Fsp3) is 0.359. The lowest BCUT2D eigenvalue weighted by Crippen LogP contribution is -2.55. The van der Waals surface area contributed by atoms with Gasteiger partial charge in [-0.15, -0.1) is 0 Å². The highest BCUT2D eigenvalue weighted by molar-refractivity contribution is 6.00. The van der Waals surface area contributed by atoms with Gasteiger partial charge in [0.2, 0.25) is 5.91 Å². The number of nitrogens with zero attached hydrogens (tertiary/aromatic N) is 1. The van der Waals surface area contributed by atoms with Gasteiger partial charge in [-0.1, -0.05) is 86.6 Å². The molecule has 4 aromatic rings. The Kier molecular flexibility index (Phi) is 11.6. The highest BCUT2D eigenvalue weighted by Crippen LogP contribution is 2.31. The summed E-state index contributed by atoms with van der Waals surface area (Å²) in [5, 5.41) is 18.4. The molecule has 3 unspecified atom stereocenters. The van der Waals surface area contributed by atoms with E-state index in [1.165, 1.54) is 12.1 Å². The van der Waals surface area contributed by atoms with Crippen LogP contribution in [0.2, 0.25) is 0 Å². The Bertz CT molecular complexity index is 1660. The van der Waals surface area contributed by atoms with Crippen molar-refractivity contribution in [2.75, 3.05) is 5.32 Å². The lowest BCUT2D eigenvalue weighted by molar-refractivity contribution is -0.143. The molecular formula is C39H47N3O5. The number of fused-ring (bicyclic) bond motifs is 1. The first-order valence-electron chi connectivity index (χ1n) is 16.2. The summed E-state index contributed by atoms with van der Waals surface area (Å²) in [4.78, 5) is 44.0. The quantitative estimate of drug-likeness (QED) is 0.146. The summed E-state index contributed by atoms with van der Waals surface area (Å²) in [6, 6.07) is 26.8. The lowest BCUT2D eigenvalue weighted by Gasteiger charge is -2.39. The molecule has 0 aliphatic rings. The minimum Gasteiger partial charge on any atom is -0.508 e. The maximum absolute atomic E-state index is 14.9. The van der Waals surface area contributed by atoms with Crippen molar-refractivity contribution in [3.05, 3.63) is 108 Å². The van der Waals surface area contributed by atoms with Gasteiger partial charge in [-0.05, 0) is 92.6 Å². The van der Waals surface area contributed by atoms with E-state index in [4.69, 9.17) is 4.74 Å². The number of benzene rings is 4. The van der Waals surface area contributed by atoms with Crippen molar-refractivity contribution in [1.29, 1.82) is 0 Å². The number of phenolic OH excluding ortho intramolecular Hbond substituents is 1. The second-order valence-electron chi connectivity index (χ2n) is 13.5. The first-order chi connectivity index (χ1) is 22.3. The highest BCUT2D eigenvalue weighted by Gasteiger charge is 2.39. The number of hydrogen-bond donors (Lipinski definition) is 3. The van der Waals surface area contributed by atoms with E-state index in [9.17, 15) is 19.5 Å². The fourth-order valence-electron chi connectivity index (χ4n) is 5.60. The molecule has 0 saturated heterocycles. The highest BCUT2D eigenvalue weighted by atomic mass is 16.6.